The number of pyridine rings is 1. The van der Waals surface area contributed by atoms with E-state index in [1.807, 2.05) is 6.08 Å². The van der Waals surface area contributed by atoms with Crippen LogP contribution in [0.1, 0.15) is 12.1 Å². The smallest absolute Gasteiger partial charge is 0.143 e. The Morgan fingerprint density at radius 2 is 2.31 bits per heavy atom. The second kappa shape index (κ2) is 4.57. The average Bonchev–Trinajstić information content (AvgIpc) is 2.09. The van der Waals surface area contributed by atoms with Crippen LogP contribution in [0.4, 0.5) is 10.1 Å². The van der Waals surface area contributed by atoms with E-state index in [0.717, 1.165) is 12.6 Å². The molecule has 13 heavy (non-hydrogen) atoms. The molecule has 1 aromatic rings. The summed E-state index contributed by atoms with van der Waals surface area (Å²) in [7, 11) is 0. The lowest BCUT2D eigenvalue weighted by atomic mass is 10.2. The summed E-state index contributed by atoms with van der Waals surface area (Å²) in [5.41, 5.74) is 11.7. The first-order valence-electron chi connectivity index (χ1n) is 4.01. The second-order valence-corrected chi connectivity index (χ2v) is 2.61. The zero-order valence-electron chi connectivity index (χ0n) is 7.20. The molecular weight excluding hydrogens is 169 g/mol. The van der Waals surface area contributed by atoms with Crippen LogP contribution >= 0.6 is 0 Å². The number of rotatable bonds is 3. The maximum absolute atomic E-state index is 12.5. The lowest BCUT2D eigenvalue weighted by Crippen LogP contribution is -1.96. The zero-order chi connectivity index (χ0) is 9.68. The molecule has 0 amide bonds. The molecule has 70 valence electrons. The van der Waals surface area contributed by atoms with Crippen LogP contribution in [0.5, 0.6) is 0 Å². The lowest BCUT2D eigenvalue weighted by Gasteiger charge is -1.98. The van der Waals surface area contributed by atoms with Gasteiger partial charge in [-0.25, -0.2) is 4.39 Å². The highest BCUT2D eigenvalue weighted by Crippen LogP contribution is 2.11. The van der Waals surface area contributed by atoms with Gasteiger partial charge in [0.05, 0.1) is 17.6 Å². The van der Waals surface area contributed by atoms with E-state index in [0.29, 0.717) is 17.9 Å². The van der Waals surface area contributed by atoms with Gasteiger partial charge in [-0.3, -0.25) is 4.98 Å². The number of anilines is 1. The van der Waals surface area contributed by atoms with E-state index in [1.54, 1.807) is 6.08 Å². The van der Waals surface area contributed by atoms with Gasteiger partial charge >= 0.3 is 0 Å². The Morgan fingerprint density at radius 3 is 2.92 bits per heavy atom. The SMILES string of the molecule is NCCC=Cc1ncc(F)cc1N. The van der Waals surface area contributed by atoms with E-state index in [9.17, 15) is 4.39 Å². The standard InChI is InChI=1S/C9H12FN3/c10-7-5-8(12)9(13-6-7)3-1-2-4-11/h1,3,5-6H,2,4,11-12H2. The van der Waals surface area contributed by atoms with Crippen LogP contribution in [0, 0.1) is 5.82 Å². The fourth-order valence-corrected chi connectivity index (χ4v) is 0.896. The predicted octanol–water partition coefficient (Wildman–Crippen LogP) is 1.16. The third-order valence-corrected chi connectivity index (χ3v) is 1.53. The predicted molar refractivity (Wildman–Crippen MR) is 51.3 cm³/mol. The third kappa shape index (κ3) is 2.83. The number of hydrogen-bond acceptors (Lipinski definition) is 3. The van der Waals surface area contributed by atoms with Gasteiger partial charge in [0.25, 0.3) is 0 Å². The quantitative estimate of drug-likeness (QED) is 0.735. The summed E-state index contributed by atoms with van der Waals surface area (Å²) < 4.78 is 12.5. The van der Waals surface area contributed by atoms with E-state index < -0.39 is 5.82 Å². The van der Waals surface area contributed by atoms with Crippen LogP contribution < -0.4 is 11.5 Å². The lowest BCUT2D eigenvalue weighted by molar-refractivity contribution is 0.622. The van der Waals surface area contributed by atoms with E-state index in [2.05, 4.69) is 4.98 Å². The van der Waals surface area contributed by atoms with Gasteiger partial charge in [-0.15, -0.1) is 0 Å². The van der Waals surface area contributed by atoms with E-state index in [-0.39, 0.29) is 0 Å². The molecule has 4 N–H and O–H groups in total. The summed E-state index contributed by atoms with van der Waals surface area (Å²) in [5.74, 6) is -0.423. The van der Waals surface area contributed by atoms with Crippen molar-refractivity contribution in [3.05, 3.63) is 29.9 Å². The maximum Gasteiger partial charge on any atom is 0.143 e. The molecule has 0 aromatic carbocycles. The Morgan fingerprint density at radius 1 is 1.54 bits per heavy atom. The molecule has 0 radical (unpaired) electrons. The first kappa shape index (κ1) is 9.67. The number of hydrogen-bond donors (Lipinski definition) is 2. The van der Waals surface area contributed by atoms with Crippen molar-refractivity contribution in [3.63, 3.8) is 0 Å². The van der Waals surface area contributed by atoms with Crippen LogP contribution in [-0.2, 0) is 0 Å². The van der Waals surface area contributed by atoms with Crippen molar-refractivity contribution in [2.75, 3.05) is 12.3 Å². The molecule has 0 aliphatic rings. The molecule has 1 rings (SSSR count). The fourth-order valence-electron chi connectivity index (χ4n) is 0.896. The van der Waals surface area contributed by atoms with Crippen LogP contribution in [-0.4, -0.2) is 11.5 Å². The van der Waals surface area contributed by atoms with E-state index in [4.69, 9.17) is 11.5 Å². The molecule has 0 bridgehead atoms. The van der Waals surface area contributed by atoms with Gasteiger partial charge in [0, 0.05) is 6.07 Å². The Hall–Kier alpha value is -1.42. The molecule has 3 nitrogen and oxygen atoms in total. The molecular formula is C9H12FN3. The Bertz CT molecular complexity index is 310. The van der Waals surface area contributed by atoms with Gasteiger partial charge in [-0.1, -0.05) is 6.08 Å². The van der Waals surface area contributed by atoms with Crippen molar-refractivity contribution in [2.45, 2.75) is 6.42 Å². The number of nitrogen functional groups attached to an aromatic ring is 1. The van der Waals surface area contributed by atoms with E-state index in [1.165, 1.54) is 6.07 Å². The monoisotopic (exact) mass is 181 g/mol. The zero-order valence-corrected chi connectivity index (χ0v) is 7.20. The molecule has 0 fully saturated rings. The minimum absolute atomic E-state index is 0.341. The summed E-state index contributed by atoms with van der Waals surface area (Å²) in [6, 6.07) is 1.25. The highest BCUT2D eigenvalue weighted by molar-refractivity contribution is 5.60. The Kier molecular flexibility index (Phi) is 3.40. The van der Waals surface area contributed by atoms with Gasteiger partial charge < -0.3 is 11.5 Å². The summed E-state index contributed by atoms with van der Waals surface area (Å²) in [6.45, 7) is 0.581. The Labute approximate surface area is 76.3 Å². The van der Waals surface area contributed by atoms with E-state index >= 15 is 0 Å². The summed E-state index contributed by atoms with van der Waals surface area (Å²) >= 11 is 0. The average molecular weight is 181 g/mol. The maximum atomic E-state index is 12.5. The third-order valence-electron chi connectivity index (χ3n) is 1.53. The number of halogens is 1. The fraction of sp³-hybridized carbons (Fsp3) is 0.222. The molecule has 0 unspecified atom stereocenters. The van der Waals surface area contributed by atoms with Crippen molar-refractivity contribution in [1.29, 1.82) is 0 Å². The van der Waals surface area contributed by atoms with Crippen molar-refractivity contribution >= 4 is 11.8 Å². The van der Waals surface area contributed by atoms with Crippen molar-refractivity contribution in [3.8, 4) is 0 Å². The minimum atomic E-state index is -0.423. The molecule has 0 aliphatic carbocycles. The highest BCUT2D eigenvalue weighted by Gasteiger charge is 1.97. The summed E-state index contributed by atoms with van der Waals surface area (Å²) in [4.78, 5) is 3.82. The minimum Gasteiger partial charge on any atom is -0.397 e. The molecule has 0 saturated carbocycles. The van der Waals surface area contributed by atoms with Crippen LogP contribution in [0.25, 0.3) is 6.08 Å². The largest absolute Gasteiger partial charge is 0.397 e. The van der Waals surface area contributed by atoms with Gasteiger partial charge in [-0.2, -0.15) is 0 Å². The van der Waals surface area contributed by atoms with Gasteiger partial charge in [0.2, 0.25) is 0 Å². The first-order valence-corrected chi connectivity index (χ1v) is 4.01. The molecule has 0 spiro atoms. The number of nitrogens with two attached hydrogens (primary N) is 2. The van der Waals surface area contributed by atoms with Crippen molar-refractivity contribution in [1.82, 2.24) is 4.98 Å². The molecule has 1 aromatic heterocycles. The first-order chi connectivity index (χ1) is 6.24. The van der Waals surface area contributed by atoms with Crippen molar-refractivity contribution < 1.29 is 4.39 Å². The molecule has 0 saturated heterocycles. The normalized spacial score (nSPS) is 10.9. The van der Waals surface area contributed by atoms with Gasteiger partial charge in [0.1, 0.15) is 5.82 Å². The van der Waals surface area contributed by atoms with Crippen LogP contribution in [0.2, 0.25) is 0 Å². The second-order valence-electron chi connectivity index (χ2n) is 2.61. The highest BCUT2D eigenvalue weighted by atomic mass is 19.1. The summed E-state index contributed by atoms with van der Waals surface area (Å²) in [5, 5.41) is 0. The Balaban J connectivity index is 2.77. The van der Waals surface area contributed by atoms with Crippen LogP contribution in [0.15, 0.2) is 18.3 Å². The van der Waals surface area contributed by atoms with Crippen LogP contribution in [0.3, 0.4) is 0 Å². The van der Waals surface area contributed by atoms with Gasteiger partial charge in [0.15, 0.2) is 0 Å². The molecule has 4 heteroatoms. The number of nitrogens with zero attached hydrogens (tertiary/aromatic N) is 1. The number of aromatic nitrogens is 1. The molecule has 1 heterocycles. The molecule has 0 aliphatic heterocycles. The van der Waals surface area contributed by atoms with Gasteiger partial charge in [-0.05, 0) is 19.0 Å². The topological polar surface area (TPSA) is 64.9 Å². The summed E-state index contributed by atoms with van der Waals surface area (Å²) in [6.07, 6.45) is 5.50. The van der Waals surface area contributed by atoms with Crippen molar-refractivity contribution in [2.24, 2.45) is 5.73 Å². The molecule has 0 atom stereocenters.